The number of halogens is 3. The van der Waals surface area contributed by atoms with Gasteiger partial charge in [0.25, 0.3) is 11.8 Å². The van der Waals surface area contributed by atoms with Gasteiger partial charge in [-0.25, -0.2) is 0 Å². The molecule has 1 saturated heterocycles. The Bertz CT molecular complexity index is 1570. The second kappa shape index (κ2) is 12.4. The van der Waals surface area contributed by atoms with Gasteiger partial charge in [-0.15, -0.1) is 0 Å². The van der Waals surface area contributed by atoms with Crippen molar-refractivity contribution < 1.29 is 27.5 Å². The lowest BCUT2D eigenvalue weighted by molar-refractivity contribution is -0.153. The molecule has 2 fully saturated rings. The van der Waals surface area contributed by atoms with Gasteiger partial charge >= 0.3 is 6.18 Å². The van der Waals surface area contributed by atoms with Crippen LogP contribution in [0.2, 0.25) is 0 Å². The zero-order valence-corrected chi connectivity index (χ0v) is 25.8. The number of piperazine rings is 1. The number of carbonyl (C=O) groups is 2. The zero-order chi connectivity index (χ0) is 31.9. The van der Waals surface area contributed by atoms with Crippen molar-refractivity contribution in [3.63, 3.8) is 0 Å². The lowest BCUT2D eigenvalue weighted by atomic mass is 9.90. The molecule has 242 valence electrons. The van der Waals surface area contributed by atoms with Crippen LogP contribution in [0.5, 0.6) is 0 Å². The molecule has 1 saturated carbocycles. The van der Waals surface area contributed by atoms with E-state index in [1.165, 1.54) is 19.3 Å². The molecule has 46 heavy (non-hydrogen) atoms. The van der Waals surface area contributed by atoms with E-state index < -0.39 is 24.2 Å². The highest BCUT2D eigenvalue weighted by atomic mass is 19.4. The van der Waals surface area contributed by atoms with E-state index in [-0.39, 0.29) is 12.5 Å². The van der Waals surface area contributed by atoms with Crippen molar-refractivity contribution in [2.24, 2.45) is 0 Å². The average molecular weight is 633 g/mol. The van der Waals surface area contributed by atoms with Gasteiger partial charge in [-0.1, -0.05) is 73.9 Å². The summed E-state index contributed by atoms with van der Waals surface area (Å²) in [6.45, 7) is 2.99. The molecule has 2 amide bonds. The van der Waals surface area contributed by atoms with Crippen molar-refractivity contribution in [3.05, 3.63) is 89.0 Å². The topological polar surface area (TPSA) is 65.1 Å². The van der Waals surface area contributed by atoms with Gasteiger partial charge in [-0.3, -0.25) is 14.5 Å². The third-order valence-corrected chi connectivity index (χ3v) is 10.1. The highest BCUT2D eigenvalue weighted by Crippen LogP contribution is 2.50. The molecular formula is C36H39F3N4O3. The molecule has 0 unspecified atom stereocenters. The van der Waals surface area contributed by atoms with Gasteiger partial charge in [0.2, 0.25) is 0 Å². The number of fused-ring (bicyclic) bond motifs is 4. The standard InChI is InChI=1S/C36H39F3N4O3/c37-35(38,39)24-40-34(45)36(31-12-6-4-10-28(31)29-11-5-7-13-32(29)36)46-21-20-41-16-18-42(19-17-41)27-15-14-25-23-43(33(44)30(25)22-27)26-8-2-1-3-9-26/h4-7,10-15,22,26H,1-3,8-9,16-21,23-24H2,(H,40,45). The molecule has 2 aliphatic heterocycles. The maximum absolute atomic E-state index is 13.7. The molecule has 3 aromatic carbocycles. The number of nitrogens with one attached hydrogen (secondary N) is 1. The Kier molecular flexibility index (Phi) is 8.27. The molecule has 2 heterocycles. The number of hydrogen-bond donors (Lipinski definition) is 1. The van der Waals surface area contributed by atoms with Gasteiger partial charge in [0, 0.05) is 67.7 Å². The van der Waals surface area contributed by atoms with Crippen molar-refractivity contribution in [2.45, 2.75) is 56.5 Å². The highest BCUT2D eigenvalue weighted by molar-refractivity contribution is 6.00. The predicted molar refractivity (Wildman–Crippen MR) is 170 cm³/mol. The largest absolute Gasteiger partial charge is 0.405 e. The maximum Gasteiger partial charge on any atom is 0.405 e. The molecule has 4 aliphatic rings. The normalized spacial score (nSPS) is 19.6. The van der Waals surface area contributed by atoms with E-state index in [0.29, 0.717) is 30.3 Å². The van der Waals surface area contributed by atoms with E-state index in [1.54, 1.807) is 24.3 Å². The van der Waals surface area contributed by atoms with E-state index in [2.05, 4.69) is 38.2 Å². The summed E-state index contributed by atoms with van der Waals surface area (Å²) in [6, 6.07) is 21.1. The molecule has 0 bridgehead atoms. The first-order valence-corrected chi connectivity index (χ1v) is 16.3. The van der Waals surface area contributed by atoms with E-state index in [9.17, 15) is 22.8 Å². The second-order valence-corrected chi connectivity index (χ2v) is 12.8. The molecule has 7 nitrogen and oxygen atoms in total. The molecule has 1 N–H and O–H groups in total. The average Bonchev–Trinajstić information content (AvgIpc) is 3.56. The quantitative estimate of drug-likeness (QED) is 0.345. The smallest absolute Gasteiger partial charge is 0.369 e. The third kappa shape index (κ3) is 5.66. The first-order valence-electron chi connectivity index (χ1n) is 16.3. The molecule has 10 heteroatoms. The number of anilines is 1. The van der Waals surface area contributed by atoms with Gasteiger partial charge in [0.05, 0.1) is 6.61 Å². The van der Waals surface area contributed by atoms with Crippen LogP contribution in [0.15, 0.2) is 66.7 Å². The minimum atomic E-state index is -4.55. The van der Waals surface area contributed by atoms with Crippen LogP contribution in [0.1, 0.15) is 59.2 Å². The summed E-state index contributed by atoms with van der Waals surface area (Å²) in [4.78, 5) is 33.6. The fourth-order valence-electron chi connectivity index (χ4n) is 7.72. The molecule has 0 atom stereocenters. The first kappa shape index (κ1) is 30.7. The Morgan fingerprint density at radius 3 is 2.17 bits per heavy atom. The Balaban J connectivity index is 1.01. The summed E-state index contributed by atoms with van der Waals surface area (Å²) in [6.07, 6.45) is 1.28. The highest BCUT2D eigenvalue weighted by Gasteiger charge is 2.51. The van der Waals surface area contributed by atoms with Crippen LogP contribution < -0.4 is 10.2 Å². The number of benzene rings is 3. The lowest BCUT2D eigenvalue weighted by Gasteiger charge is -2.37. The van der Waals surface area contributed by atoms with Crippen LogP contribution >= 0.6 is 0 Å². The molecule has 0 aromatic heterocycles. The van der Waals surface area contributed by atoms with Gasteiger partial charge in [-0.2, -0.15) is 13.2 Å². The van der Waals surface area contributed by atoms with Crippen LogP contribution in [0, 0.1) is 0 Å². The van der Waals surface area contributed by atoms with Gasteiger partial charge in [-0.05, 0) is 41.7 Å². The predicted octanol–water partition coefficient (Wildman–Crippen LogP) is 5.72. The molecule has 3 aromatic rings. The second-order valence-electron chi connectivity index (χ2n) is 12.8. The summed E-state index contributed by atoms with van der Waals surface area (Å²) in [5.74, 6) is -0.664. The summed E-state index contributed by atoms with van der Waals surface area (Å²) in [5.41, 5.74) is 3.97. The Hall–Kier alpha value is -3.89. The minimum Gasteiger partial charge on any atom is -0.369 e. The van der Waals surface area contributed by atoms with E-state index in [4.69, 9.17) is 4.74 Å². The Labute approximate surface area is 267 Å². The lowest BCUT2D eigenvalue weighted by Crippen LogP contribution is -2.51. The Morgan fingerprint density at radius 1 is 0.870 bits per heavy atom. The summed E-state index contributed by atoms with van der Waals surface area (Å²) in [7, 11) is 0. The van der Waals surface area contributed by atoms with Crippen molar-refractivity contribution >= 4 is 17.5 Å². The van der Waals surface area contributed by atoms with E-state index >= 15 is 0 Å². The molecule has 2 aliphatic carbocycles. The van der Waals surface area contributed by atoms with Gasteiger partial charge in [0.15, 0.2) is 5.60 Å². The number of amides is 2. The minimum absolute atomic E-state index is 0.155. The van der Waals surface area contributed by atoms with E-state index in [0.717, 1.165) is 67.0 Å². The maximum atomic E-state index is 13.7. The monoisotopic (exact) mass is 632 g/mol. The number of alkyl halides is 3. The zero-order valence-electron chi connectivity index (χ0n) is 25.8. The third-order valence-electron chi connectivity index (χ3n) is 10.1. The summed E-state index contributed by atoms with van der Waals surface area (Å²) >= 11 is 0. The van der Waals surface area contributed by atoms with Crippen molar-refractivity contribution in [3.8, 4) is 11.1 Å². The molecule has 0 radical (unpaired) electrons. The van der Waals surface area contributed by atoms with Crippen LogP contribution in [0.3, 0.4) is 0 Å². The van der Waals surface area contributed by atoms with Crippen LogP contribution in [-0.2, 0) is 21.7 Å². The van der Waals surface area contributed by atoms with Gasteiger partial charge in [0.1, 0.15) is 6.54 Å². The van der Waals surface area contributed by atoms with Crippen molar-refractivity contribution in [1.29, 1.82) is 0 Å². The summed E-state index contributed by atoms with van der Waals surface area (Å²) in [5, 5.41) is 2.11. The number of rotatable bonds is 8. The van der Waals surface area contributed by atoms with Crippen LogP contribution in [0.25, 0.3) is 11.1 Å². The van der Waals surface area contributed by atoms with E-state index in [1.807, 2.05) is 24.3 Å². The fourth-order valence-corrected chi connectivity index (χ4v) is 7.72. The van der Waals surface area contributed by atoms with Crippen molar-refractivity contribution in [2.75, 3.05) is 50.8 Å². The van der Waals surface area contributed by atoms with Crippen molar-refractivity contribution in [1.82, 2.24) is 15.1 Å². The molecule has 0 spiro atoms. The number of carbonyl (C=O) groups excluding carboxylic acids is 2. The molecule has 7 rings (SSSR count). The SMILES string of the molecule is O=C1c2cc(N3CCN(CCOC4(C(=O)NCC(F)(F)F)c5ccccc5-c5ccccc54)CC3)ccc2CN1C1CCCCC1. The Morgan fingerprint density at radius 2 is 1.52 bits per heavy atom. The summed E-state index contributed by atoms with van der Waals surface area (Å²) < 4.78 is 45.9. The first-order chi connectivity index (χ1) is 22.2. The number of nitrogens with zero attached hydrogens (tertiary/aromatic N) is 3. The van der Waals surface area contributed by atoms with Crippen LogP contribution in [-0.4, -0.2) is 79.7 Å². The van der Waals surface area contributed by atoms with Crippen LogP contribution in [0.4, 0.5) is 18.9 Å². The van der Waals surface area contributed by atoms with Gasteiger partial charge < -0.3 is 19.9 Å². The fraction of sp³-hybridized carbons (Fsp3) is 0.444. The number of ether oxygens (including phenoxy) is 1. The number of hydrogen-bond acceptors (Lipinski definition) is 5. The molecular weight excluding hydrogens is 593 g/mol.